The molecule has 1 rings (SSSR count). The maximum Gasteiger partial charge on any atom is 0.232 e. The summed E-state index contributed by atoms with van der Waals surface area (Å²) in [4.78, 5) is 13.6. The molecular weight excluding hydrogens is 196 g/mol. The van der Waals surface area contributed by atoms with Gasteiger partial charge in [-0.25, -0.2) is 0 Å². The average molecular weight is 216 g/mol. The van der Waals surface area contributed by atoms with Crippen LogP contribution in [0.25, 0.3) is 0 Å². The van der Waals surface area contributed by atoms with E-state index in [4.69, 9.17) is 5.73 Å². The third kappa shape index (κ3) is 3.88. The first-order chi connectivity index (χ1) is 6.74. The highest BCUT2D eigenvalue weighted by atomic mass is 32.2. The first kappa shape index (κ1) is 11.9. The van der Waals surface area contributed by atoms with Crippen LogP contribution >= 0.6 is 11.8 Å². The van der Waals surface area contributed by atoms with Gasteiger partial charge in [-0.15, -0.1) is 0 Å². The van der Waals surface area contributed by atoms with E-state index >= 15 is 0 Å². The van der Waals surface area contributed by atoms with E-state index in [9.17, 15) is 4.79 Å². The first-order valence-electron chi connectivity index (χ1n) is 5.29. The highest BCUT2D eigenvalue weighted by Crippen LogP contribution is 2.12. The quantitative estimate of drug-likeness (QED) is 0.744. The van der Waals surface area contributed by atoms with Gasteiger partial charge in [-0.1, -0.05) is 6.92 Å². The minimum atomic E-state index is 0.303. The van der Waals surface area contributed by atoms with Crippen molar-refractivity contribution in [2.24, 2.45) is 11.7 Å². The third-order valence-corrected chi connectivity index (χ3v) is 3.74. The molecule has 2 N–H and O–H groups in total. The van der Waals surface area contributed by atoms with Gasteiger partial charge in [0.1, 0.15) is 0 Å². The number of nitrogens with two attached hydrogens (primary N) is 1. The predicted molar refractivity (Wildman–Crippen MR) is 61.4 cm³/mol. The van der Waals surface area contributed by atoms with E-state index in [0.29, 0.717) is 24.1 Å². The molecule has 1 fully saturated rings. The summed E-state index contributed by atoms with van der Waals surface area (Å²) >= 11 is 1.71. The number of amides is 1. The summed E-state index contributed by atoms with van der Waals surface area (Å²) < 4.78 is 0. The van der Waals surface area contributed by atoms with Gasteiger partial charge in [0.25, 0.3) is 0 Å². The fourth-order valence-corrected chi connectivity index (χ4v) is 2.49. The van der Waals surface area contributed by atoms with Crippen LogP contribution in [0.5, 0.6) is 0 Å². The van der Waals surface area contributed by atoms with Gasteiger partial charge in [-0.3, -0.25) is 4.79 Å². The van der Waals surface area contributed by atoms with Crippen molar-refractivity contribution in [1.82, 2.24) is 4.90 Å². The van der Waals surface area contributed by atoms with Crippen LogP contribution in [0.4, 0.5) is 0 Å². The second-order valence-electron chi connectivity index (χ2n) is 3.94. The fraction of sp³-hybridized carbons (Fsp3) is 0.900. The minimum absolute atomic E-state index is 0.303. The molecule has 0 aliphatic carbocycles. The van der Waals surface area contributed by atoms with Crippen molar-refractivity contribution in [2.45, 2.75) is 19.8 Å². The molecule has 0 saturated carbocycles. The zero-order valence-corrected chi connectivity index (χ0v) is 9.68. The molecule has 0 spiro atoms. The molecule has 1 unspecified atom stereocenters. The van der Waals surface area contributed by atoms with Crippen LogP contribution in [0.2, 0.25) is 0 Å². The summed E-state index contributed by atoms with van der Waals surface area (Å²) in [6.07, 6.45) is 2.35. The molecule has 4 heteroatoms. The Morgan fingerprint density at radius 3 is 2.71 bits per heavy atom. The van der Waals surface area contributed by atoms with Crippen molar-refractivity contribution in [2.75, 3.05) is 31.1 Å². The van der Waals surface area contributed by atoms with E-state index in [1.165, 1.54) is 12.8 Å². The standard InChI is InChI=1S/C10H20N2OS/c1-9(6-11)7-14-8-10(13)12-4-2-3-5-12/h9H,2-8,11H2,1H3. The van der Waals surface area contributed by atoms with Gasteiger partial charge in [-0.2, -0.15) is 11.8 Å². The molecule has 3 nitrogen and oxygen atoms in total. The Bertz CT molecular complexity index is 181. The first-order valence-corrected chi connectivity index (χ1v) is 6.45. The molecule has 0 aromatic rings. The van der Waals surface area contributed by atoms with Crippen molar-refractivity contribution >= 4 is 17.7 Å². The van der Waals surface area contributed by atoms with Crippen molar-refractivity contribution in [3.8, 4) is 0 Å². The zero-order chi connectivity index (χ0) is 10.4. The highest BCUT2D eigenvalue weighted by Gasteiger charge is 2.17. The summed E-state index contributed by atoms with van der Waals surface area (Å²) in [5.41, 5.74) is 5.50. The number of carbonyl (C=O) groups is 1. The molecular formula is C10H20N2OS. The maximum atomic E-state index is 11.6. The summed E-state index contributed by atoms with van der Waals surface area (Å²) in [7, 11) is 0. The van der Waals surface area contributed by atoms with E-state index in [1.807, 2.05) is 4.90 Å². The monoisotopic (exact) mass is 216 g/mol. The van der Waals surface area contributed by atoms with Crippen LogP contribution in [0.15, 0.2) is 0 Å². The minimum Gasteiger partial charge on any atom is -0.342 e. The highest BCUT2D eigenvalue weighted by molar-refractivity contribution is 7.99. The Morgan fingerprint density at radius 1 is 1.50 bits per heavy atom. The summed E-state index contributed by atoms with van der Waals surface area (Å²) in [6, 6.07) is 0. The molecule has 0 aromatic heterocycles. The van der Waals surface area contributed by atoms with E-state index in [2.05, 4.69) is 6.92 Å². The molecule has 1 saturated heterocycles. The number of thioether (sulfide) groups is 1. The van der Waals surface area contributed by atoms with Crippen molar-refractivity contribution in [3.05, 3.63) is 0 Å². The third-order valence-electron chi connectivity index (χ3n) is 2.49. The second kappa shape index (κ2) is 6.30. The van der Waals surface area contributed by atoms with Gasteiger partial charge in [0, 0.05) is 13.1 Å². The molecule has 1 aliphatic rings. The Labute approximate surface area is 90.4 Å². The maximum absolute atomic E-state index is 11.6. The summed E-state index contributed by atoms with van der Waals surface area (Å²) in [6.45, 7) is 4.76. The van der Waals surface area contributed by atoms with Crippen LogP contribution in [-0.4, -0.2) is 41.9 Å². The smallest absolute Gasteiger partial charge is 0.232 e. The van der Waals surface area contributed by atoms with Crippen LogP contribution < -0.4 is 5.73 Å². The lowest BCUT2D eigenvalue weighted by molar-refractivity contribution is -0.127. The van der Waals surface area contributed by atoms with E-state index in [1.54, 1.807) is 11.8 Å². The van der Waals surface area contributed by atoms with Gasteiger partial charge in [0.2, 0.25) is 5.91 Å². The van der Waals surface area contributed by atoms with Crippen LogP contribution in [0.3, 0.4) is 0 Å². The van der Waals surface area contributed by atoms with Gasteiger partial charge in [0.05, 0.1) is 5.75 Å². The van der Waals surface area contributed by atoms with Crippen LogP contribution in [0, 0.1) is 5.92 Å². The van der Waals surface area contributed by atoms with Gasteiger partial charge < -0.3 is 10.6 Å². The van der Waals surface area contributed by atoms with Crippen LogP contribution in [-0.2, 0) is 4.79 Å². The normalized spacial score (nSPS) is 18.6. The lowest BCUT2D eigenvalue weighted by Crippen LogP contribution is -2.29. The summed E-state index contributed by atoms with van der Waals surface area (Å²) in [5, 5.41) is 0. The lowest BCUT2D eigenvalue weighted by atomic mass is 10.2. The molecule has 0 aromatic carbocycles. The van der Waals surface area contributed by atoms with E-state index in [0.717, 1.165) is 18.8 Å². The van der Waals surface area contributed by atoms with E-state index in [-0.39, 0.29) is 0 Å². The number of nitrogens with zero attached hydrogens (tertiary/aromatic N) is 1. The molecule has 0 radical (unpaired) electrons. The molecule has 1 atom stereocenters. The molecule has 0 bridgehead atoms. The topological polar surface area (TPSA) is 46.3 Å². The lowest BCUT2D eigenvalue weighted by Gasteiger charge is -2.15. The molecule has 1 heterocycles. The van der Waals surface area contributed by atoms with Gasteiger partial charge >= 0.3 is 0 Å². The fourth-order valence-electron chi connectivity index (χ4n) is 1.47. The molecule has 1 aliphatic heterocycles. The number of rotatable bonds is 5. The molecule has 1 amide bonds. The average Bonchev–Trinajstić information content (AvgIpc) is 2.70. The zero-order valence-electron chi connectivity index (χ0n) is 8.87. The number of hydrogen-bond donors (Lipinski definition) is 1. The Kier molecular flexibility index (Phi) is 5.33. The Balaban J connectivity index is 2.08. The van der Waals surface area contributed by atoms with Crippen molar-refractivity contribution in [3.63, 3.8) is 0 Å². The number of likely N-dealkylation sites (tertiary alicyclic amines) is 1. The second-order valence-corrected chi connectivity index (χ2v) is 4.97. The van der Waals surface area contributed by atoms with E-state index < -0.39 is 0 Å². The Morgan fingerprint density at radius 2 is 2.14 bits per heavy atom. The van der Waals surface area contributed by atoms with Crippen molar-refractivity contribution < 1.29 is 4.79 Å². The van der Waals surface area contributed by atoms with Gasteiger partial charge in [-0.05, 0) is 31.1 Å². The SMILES string of the molecule is CC(CN)CSCC(=O)N1CCCC1. The molecule has 82 valence electrons. The van der Waals surface area contributed by atoms with Crippen LogP contribution in [0.1, 0.15) is 19.8 Å². The largest absolute Gasteiger partial charge is 0.342 e. The number of carbonyl (C=O) groups excluding carboxylic acids is 1. The Hall–Kier alpha value is -0.220. The summed E-state index contributed by atoms with van der Waals surface area (Å²) in [5.74, 6) is 2.45. The van der Waals surface area contributed by atoms with Crippen molar-refractivity contribution in [1.29, 1.82) is 0 Å². The predicted octanol–water partition coefficient (Wildman–Crippen LogP) is 0.937. The molecule has 14 heavy (non-hydrogen) atoms. The van der Waals surface area contributed by atoms with Gasteiger partial charge in [0.15, 0.2) is 0 Å². The number of hydrogen-bond acceptors (Lipinski definition) is 3.